The second-order valence-electron chi connectivity index (χ2n) is 4.60. The average molecular weight is 265 g/mol. The van der Waals surface area contributed by atoms with Gasteiger partial charge in [0.2, 0.25) is 0 Å². The summed E-state index contributed by atoms with van der Waals surface area (Å²) in [5, 5.41) is 21.7. The van der Waals surface area contributed by atoms with Crippen molar-refractivity contribution in [3.8, 4) is 6.07 Å². The number of nitrogens with zero attached hydrogens (tertiary/aromatic N) is 2. The molecule has 0 atom stereocenters. The van der Waals surface area contributed by atoms with Gasteiger partial charge in [0.05, 0.1) is 22.0 Å². The van der Waals surface area contributed by atoms with Crippen molar-refractivity contribution in [1.82, 2.24) is 5.32 Å². The number of carbonyl (C=O) groups excluding carboxylic acids is 1. The number of nitriles is 1. The Kier molecular flexibility index (Phi) is 4.17. The number of hydrogen-bond donors (Lipinski definition) is 1. The maximum Gasteiger partial charge on any atom is 0.270 e. The molecule has 0 aliphatic carbocycles. The second kappa shape index (κ2) is 5.44. The van der Waals surface area contributed by atoms with Crippen molar-refractivity contribution in [2.75, 3.05) is 6.54 Å². The lowest BCUT2D eigenvalue weighted by atomic mass is 9.96. The average Bonchev–Trinajstić information content (AvgIpc) is 2.36. The Labute approximate surface area is 109 Å². The van der Waals surface area contributed by atoms with Crippen molar-refractivity contribution in [2.45, 2.75) is 13.8 Å². The standard InChI is InChI=1S/C12H12FN3O3/c1-12(2,6-14)7-15-11(17)9-5-8(16(18)19)3-4-10(9)13/h3-5H,7H2,1-2H3,(H,15,17). The van der Waals surface area contributed by atoms with Crippen molar-refractivity contribution in [3.05, 3.63) is 39.7 Å². The molecule has 0 fully saturated rings. The first-order chi connectivity index (χ1) is 8.76. The first kappa shape index (κ1) is 14.6. The summed E-state index contributed by atoms with van der Waals surface area (Å²) >= 11 is 0. The van der Waals surface area contributed by atoms with Crippen molar-refractivity contribution in [3.63, 3.8) is 0 Å². The summed E-state index contributed by atoms with van der Waals surface area (Å²) in [6, 6.07) is 4.68. The minimum atomic E-state index is -0.849. The third-order valence-corrected chi connectivity index (χ3v) is 2.40. The van der Waals surface area contributed by atoms with E-state index < -0.39 is 27.6 Å². The van der Waals surface area contributed by atoms with Gasteiger partial charge in [-0.2, -0.15) is 5.26 Å². The highest BCUT2D eigenvalue weighted by Gasteiger charge is 2.21. The highest BCUT2D eigenvalue weighted by molar-refractivity contribution is 5.95. The Balaban J connectivity index is 2.91. The van der Waals surface area contributed by atoms with E-state index in [0.717, 1.165) is 18.2 Å². The summed E-state index contributed by atoms with van der Waals surface area (Å²) in [6.07, 6.45) is 0. The minimum Gasteiger partial charge on any atom is -0.350 e. The van der Waals surface area contributed by atoms with Crippen LogP contribution < -0.4 is 5.32 Å². The van der Waals surface area contributed by atoms with Crippen molar-refractivity contribution in [1.29, 1.82) is 5.26 Å². The molecule has 1 rings (SSSR count). The molecule has 0 aromatic heterocycles. The molecule has 0 spiro atoms. The molecule has 1 aromatic rings. The third-order valence-electron chi connectivity index (χ3n) is 2.40. The maximum atomic E-state index is 13.4. The number of nitro groups is 1. The number of hydrogen-bond acceptors (Lipinski definition) is 4. The summed E-state index contributed by atoms with van der Waals surface area (Å²) in [5.74, 6) is -1.64. The number of nitrogens with one attached hydrogen (secondary N) is 1. The molecule has 7 heteroatoms. The molecule has 0 aliphatic rings. The number of non-ortho nitro benzene ring substituents is 1. The van der Waals surface area contributed by atoms with E-state index >= 15 is 0 Å². The van der Waals surface area contributed by atoms with Crippen molar-refractivity contribution in [2.24, 2.45) is 5.41 Å². The highest BCUT2D eigenvalue weighted by Crippen LogP contribution is 2.17. The van der Waals surface area contributed by atoms with Gasteiger partial charge in [0.25, 0.3) is 11.6 Å². The molecule has 6 nitrogen and oxygen atoms in total. The second-order valence-corrected chi connectivity index (χ2v) is 4.60. The Morgan fingerprint density at radius 2 is 2.21 bits per heavy atom. The molecule has 1 N–H and O–H groups in total. The Morgan fingerprint density at radius 1 is 1.58 bits per heavy atom. The lowest BCUT2D eigenvalue weighted by molar-refractivity contribution is -0.384. The fourth-order valence-electron chi connectivity index (χ4n) is 1.24. The van der Waals surface area contributed by atoms with E-state index in [1.807, 2.05) is 6.07 Å². The summed E-state index contributed by atoms with van der Waals surface area (Å²) in [4.78, 5) is 21.6. The molecular weight excluding hydrogens is 253 g/mol. The summed E-state index contributed by atoms with van der Waals surface area (Å²) in [7, 11) is 0. The molecule has 19 heavy (non-hydrogen) atoms. The van der Waals surface area contributed by atoms with Crippen LogP contribution in [0.1, 0.15) is 24.2 Å². The van der Waals surface area contributed by atoms with Crippen LogP contribution in [0, 0.1) is 32.7 Å². The SMILES string of the molecule is CC(C)(C#N)CNC(=O)c1cc([N+](=O)[O-])ccc1F. The number of nitro benzene ring substituents is 1. The fraction of sp³-hybridized carbons (Fsp3) is 0.333. The zero-order valence-electron chi connectivity index (χ0n) is 10.4. The lowest BCUT2D eigenvalue weighted by Gasteiger charge is -2.15. The van der Waals surface area contributed by atoms with Crippen LogP contribution in [0.2, 0.25) is 0 Å². The van der Waals surface area contributed by atoms with Crippen LogP contribution in [0.5, 0.6) is 0 Å². The molecule has 100 valence electrons. The first-order valence-electron chi connectivity index (χ1n) is 5.40. The number of amides is 1. The smallest absolute Gasteiger partial charge is 0.270 e. The molecule has 1 aromatic carbocycles. The van der Waals surface area contributed by atoms with Crippen LogP contribution in [-0.4, -0.2) is 17.4 Å². The molecule has 0 heterocycles. The molecule has 1 amide bonds. The van der Waals surface area contributed by atoms with Crippen LogP contribution in [0.15, 0.2) is 18.2 Å². The van der Waals surface area contributed by atoms with E-state index in [4.69, 9.17) is 5.26 Å². The normalized spacial score (nSPS) is 10.6. The summed E-state index contributed by atoms with van der Waals surface area (Å²) < 4.78 is 13.4. The summed E-state index contributed by atoms with van der Waals surface area (Å²) in [5.41, 5.74) is -1.58. The van der Waals surface area contributed by atoms with E-state index in [2.05, 4.69) is 5.32 Å². The molecule has 0 radical (unpaired) electrons. The number of rotatable bonds is 4. The summed E-state index contributed by atoms with van der Waals surface area (Å²) in [6.45, 7) is 3.23. The zero-order valence-corrected chi connectivity index (χ0v) is 10.4. The van der Waals surface area contributed by atoms with E-state index in [9.17, 15) is 19.3 Å². The number of benzene rings is 1. The van der Waals surface area contributed by atoms with Crippen molar-refractivity contribution < 1.29 is 14.1 Å². The molecular formula is C12H12FN3O3. The molecule has 0 bridgehead atoms. The van der Waals surface area contributed by atoms with Gasteiger partial charge in [0.1, 0.15) is 5.82 Å². The monoisotopic (exact) mass is 265 g/mol. The fourth-order valence-corrected chi connectivity index (χ4v) is 1.24. The van der Waals surface area contributed by atoms with E-state index in [1.54, 1.807) is 13.8 Å². The maximum absolute atomic E-state index is 13.4. The predicted octanol–water partition coefficient (Wildman–Crippen LogP) is 2.01. The number of halogens is 1. The van der Waals surface area contributed by atoms with Crippen LogP contribution in [0.25, 0.3) is 0 Å². The van der Waals surface area contributed by atoms with E-state index in [0.29, 0.717) is 0 Å². The molecule has 0 saturated heterocycles. The predicted molar refractivity (Wildman–Crippen MR) is 64.8 cm³/mol. The molecule has 0 unspecified atom stereocenters. The molecule has 0 saturated carbocycles. The van der Waals surface area contributed by atoms with Gasteiger partial charge >= 0.3 is 0 Å². The largest absolute Gasteiger partial charge is 0.350 e. The first-order valence-corrected chi connectivity index (χ1v) is 5.40. The van der Waals surface area contributed by atoms with Gasteiger partial charge in [0.15, 0.2) is 0 Å². The Bertz CT molecular complexity index is 564. The van der Waals surface area contributed by atoms with Gasteiger partial charge in [-0.3, -0.25) is 14.9 Å². The van der Waals surface area contributed by atoms with Crippen LogP contribution in [-0.2, 0) is 0 Å². The molecule has 0 aliphatic heterocycles. The van der Waals surface area contributed by atoms with Gasteiger partial charge in [-0.1, -0.05) is 0 Å². The van der Waals surface area contributed by atoms with Gasteiger partial charge in [-0.05, 0) is 19.9 Å². The minimum absolute atomic E-state index is 0.0183. The lowest BCUT2D eigenvalue weighted by Crippen LogP contribution is -2.33. The van der Waals surface area contributed by atoms with Gasteiger partial charge < -0.3 is 5.32 Å². The Hall–Kier alpha value is -2.49. The van der Waals surface area contributed by atoms with Crippen LogP contribution in [0.3, 0.4) is 0 Å². The van der Waals surface area contributed by atoms with Crippen molar-refractivity contribution >= 4 is 11.6 Å². The Morgan fingerprint density at radius 3 is 2.74 bits per heavy atom. The van der Waals surface area contributed by atoms with Gasteiger partial charge in [0, 0.05) is 18.7 Å². The zero-order chi connectivity index (χ0) is 14.6. The number of carbonyl (C=O) groups is 1. The van der Waals surface area contributed by atoms with Crippen LogP contribution >= 0.6 is 0 Å². The van der Waals surface area contributed by atoms with Crippen LogP contribution in [0.4, 0.5) is 10.1 Å². The topological polar surface area (TPSA) is 96.0 Å². The van der Waals surface area contributed by atoms with E-state index in [-0.39, 0.29) is 12.2 Å². The van der Waals surface area contributed by atoms with Gasteiger partial charge in [-0.15, -0.1) is 0 Å². The third kappa shape index (κ3) is 3.74. The quantitative estimate of drug-likeness (QED) is 0.665. The van der Waals surface area contributed by atoms with Gasteiger partial charge in [-0.25, -0.2) is 4.39 Å². The highest BCUT2D eigenvalue weighted by atomic mass is 19.1. The van der Waals surface area contributed by atoms with E-state index in [1.165, 1.54) is 0 Å².